The van der Waals surface area contributed by atoms with Gasteiger partial charge < -0.3 is 19.4 Å². The standard InChI is InChI=1S/C13H24F3N3O2/c1-17-6-4-11(5-7-17)18(2)8-9-19(3)12(20)21-10-13(14,15)16/h11H,4-10H2,1-3H3. The van der Waals surface area contributed by atoms with E-state index in [4.69, 9.17) is 0 Å². The Kier molecular flexibility index (Phi) is 6.73. The fourth-order valence-corrected chi connectivity index (χ4v) is 2.27. The number of carbonyl (C=O) groups excluding carboxylic acids is 1. The topological polar surface area (TPSA) is 36.0 Å². The van der Waals surface area contributed by atoms with Crippen LogP contribution in [0.25, 0.3) is 0 Å². The van der Waals surface area contributed by atoms with Crippen molar-refractivity contribution in [2.75, 3.05) is 53.9 Å². The summed E-state index contributed by atoms with van der Waals surface area (Å²) in [5.41, 5.74) is 0. The Bertz CT molecular complexity index is 331. The molecular weight excluding hydrogens is 287 g/mol. The molecule has 0 aromatic heterocycles. The van der Waals surface area contributed by atoms with E-state index >= 15 is 0 Å². The van der Waals surface area contributed by atoms with E-state index in [0.717, 1.165) is 25.9 Å². The van der Waals surface area contributed by atoms with Crippen molar-refractivity contribution in [1.29, 1.82) is 0 Å². The zero-order chi connectivity index (χ0) is 16.0. The van der Waals surface area contributed by atoms with Crippen LogP contribution in [-0.2, 0) is 4.74 Å². The first-order chi connectivity index (χ1) is 9.69. The highest BCUT2D eigenvalue weighted by atomic mass is 19.4. The number of nitrogens with zero attached hydrogens (tertiary/aromatic N) is 3. The largest absolute Gasteiger partial charge is 0.440 e. The third-order valence-electron chi connectivity index (χ3n) is 3.77. The van der Waals surface area contributed by atoms with Crippen molar-refractivity contribution in [1.82, 2.24) is 14.7 Å². The smallest absolute Gasteiger partial charge is 0.422 e. The van der Waals surface area contributed by atoms with Gasteiger partial charge in [-0.1, -0.05) is 0 Å². The Morgan fingerprint density at radius 2 is 1.81 bits per heavy atom. The molecule has 1 aliphatic rings. The monoisotopic (exact) mass is 311 g/mol. The summed E-state index contributed by atoms with van der Waals surface area (Å²) in [6, 6.07) is 0.459. The van der Waals surface area contributed by atoms with E-state index in [9.17, 15) is 18.0 Å². The number of halogens is 3. The summed E-state index contributed by atoms with van der Waals surface area (Å²) in [6.07, 6.45) is -3.30. The second kappa shape index (κ2) is 7.84. The van der Waals surface area contributed by atoms with Gasteiger partial charge in [0.15, 0.2) is 6.61 Å². The number of ether oxygens (including phenoxy) is 1. The third-order valence-corrected chi connectivity index (χ3v) is 3.77. The maximum Gasteiger partial charge on any atom is 0.422 e. The summed E-state index contributed by atoms with van der Waals surface area (Å²) < 4.78 is 40.1. The van der Waals surface area contributed by atoms with Gasteiger partial charge in [-0.25, -0.2) is 4.79 Å². The highest BCUT2D eigenvalue weighted by Gasteiger charge is 2.30. The molecule has 1 fully saturated rings. The summed E-state index contributed by atoms with van der Waals surface area (Å²) in [5.74, 6) is 0. The summed E-state index contributed by atoms with van der Waals surface area (Å²) in [4.78, 5) is 17.0. The number of likely N-dealkylation sites (N-methyl/N-ethyl adjacent to an activating group) is 2. The average Bonchev–Trinajstić information content (AvgIpc) is 2.41. The Labute approximate surface area is 123 Å². The first-order valence-corrected chi connectivity index (χ1v) is 7.02. The lowest BCUT2D eigenvalue weighted by molar-refractivity contribution is -0.162. The third kappa shape index (κ3) is 6.99. The van der Waals surface area contributed by atoms with Crippen LogP contribution in [0.5, 0.6) is 0 Å². The highest BCUT2D eigenvalue weighted by Crippen LogP contribution is 2.15. The molecular formula is C13H24F3N3O2. The van der Waals surface area contributed by atoms with Gasteiger partial charge in [0.2, 0.25) is 0 Å². The van der Waals surface area contributed by atoms with Crippen LogP contribution in [0.3, 0.4) is 0 Å². The van der Waals surface area contributed by atoms with Crippen LogP contribution in [0.4, 0.5) is 18.0 Å². The Balaban J connectivity index is 2.25. The first kappa shape index (κ1) is 18.0. The van der Waals surface area contributed by atoms with Crippen LogP contribution in [0, 0.1) is 0 Å². The second-order valence-electron chi connectivity index (χ2n) is 5.61. The highest BCUT2D eigenvalue weighted by molar-refractivity contribution is 5.67. The molecule has 0 bridgehead atoms. The van der Waals surface area contributed by atoms with Crippen LogP contribution >= 0.6 is 0 Å². The van der Waals surface area contributed by atoms with Crippen molar-refractivity contribution in [3.63, 3.8) is 0 Å². The van der Waals surface area contributed by atoms with Crippen molar-refractivity contribution >= 4 is 6.09 Å². The van der Waals surface area contributed by atoms with E-state index in [1.165, 1.54) is 11.9 Å². The molecule has 124 valence electrons. The van der Waals surface area contributed by atoms with E-state index in [-0.39, 0.29) is 0 Å². The van der Waals surface area contributed by atoms with Crippen LogP contribution < -0.4 is 0 Å². The van der Waals surface area contributed by atoms with E-state index in [0.29, 0.717) is 19.1 Å². The molecule has 0 aromatic carbocycles. The van der Waals surface area contributed by atoms with Gasteiger partial charge in [-0.3, -0.25) is 0 Å². The molecule has 0 spiro atoms. The molecule has 0 aromatic rings. The summed E-state index contributed by atoms with van der Waals surface area (Å²) in [7, 11) is 5.51. The molecule has 5 nitrogen and oxygen atoms in total. The molecule has 0 unspecified atom stereocenters. The molecule has 8 heteroatoms. The van der Waals surface area contributed by atoms with Gasteiger partial charge in [0, 0.05) is 26.2 Å². The maximum atomic E-state index is 12.0. The number of carbonyl (C=O) groups is 1. The minimum Gasteiger partial charge on any atom is -0.440 e. The first-order valence-electron chi connectivity index (χ1n) is 7.02. The molecule has 0 N–H and O–H groups in total. The molecule has 0 atom stereocenters. The fourth-order valence-electron chi connectivity index (χ4n) is 2.27. The van der Waals surface area contributed by atoms with Crippen LogP contribution in [0.1, 0.15) is 12.8 Å². The number of hydrogen-bond donors (Lipinski definition) is 0. The van der Waals surface area contributed by atoms with Crippen LogP contribution in [-0.4, -0.2) is 86.9 Å². The van der Waals surface area contributed by atoms with Crippen molar-refractivity contribution in [3.05, 3.63) is 0 Å². The fraction of sp³-hybridized carbons (Fsp3) is 0.923. The van der Waals surface area contributed by atoms with Crippen molar-refractivity contribution in [3.8, 4) is 0 Å². The molecule has 1 heterocycles. The molecule has 21 heavy (non-hydrogen) atoms. The Morgan fingerprint density at radius 3 is 2.33 bits per heavy atom. The van der Waals surface area contributed by atoms with E-state index in [2.05, 4.69) is 21.6 Å². The number of alkyl halides is 3. The SMILES string of the molecule is CN1CCC(N(C)CCN(C)C(=O)OCC(F)(F)F)CC1. The molecule has 1 saturated heterocycles. The lowest BCUT2D eigenvalue weighted by atomic mass is 10.0. The quantitative estimate of drug-likeness (QED) is 0.773. The maximum absolute atomic E-state index is 12.0. The van der Waals surface area contributed by atoms with Gasteiger partial charge in [-0.15, -0.1) is 0 Å². The van der Waals surface area contributed by atoms with Crippen LogP contribution in [0.15, 0.2) is 0 Å². The number of piperidine rings is 1. The lowest BCUT2D eigenvalue weighted by Crippen LogP contribution is -2.45. The minimum atomic E-state index is -4.48. The number of rotatable bonds is 5. The Hall–Kier alpha value is -1.02. The summed E-state index contributed by atoms with van der Waals surface area (Å²) in [6.45, 7) is 1.50. The van der Waals surface area contributed by atoms with E-state index in [1.54, 1.807) is 0 Å². The molecule has 0 radical (unpaired) electrons. The zero-order valence-electron chi connectivity index (χ0n) is 12.8. The van der Waals surface area contributed by atoms with Crippen molar-refractivity contribution < 1.29 is 22.7 Å². The molecule has 1 rings (SSSR count). The molecule has 0 aliphatic carbocycles. The van der Waals surface area contributed by atoms with Gasteiger partial charge >= 0.3 is 12.3 Å². The number of likely N-dealkylation sites (tertiary alicyclic amines) is 1. The van der Waals surface area contributed by atoms with Gasteiger partial charge in [-0.05, 0) is 40.0 Å². The molecule has 1 aliphatic heterocycles. The van der Waals surface area contributed by atoms with Crippen molar-refractivity contribution in [2.24, 2.45) is 0 Å². The number of amides is 1. The van der Waals surface area contributed by atoms with E-state index in [1.807, 2.05) is 7.05 Å². The predicted molar refractivity (Wildman–Crippen MR) is 73.2 cm³/mol. The lowest BCUT2D eigenvalue weighted by Gasteiger charge is -2.35. The van der Waals surface area contributed by atoms with Gasteiger partial charge in [0.25, 0.3) is 0 Å². The summed E-state index contributed by atoms with van der Waals surface area (Å²) >= 11 is 0. The Morgan fingerprint density at radius 1 is 1.24 bits per heavy atom. The number of hydrogen-bond acceptors (Lipinski definition) is 4. The van der Waals surface area contributed by atoms with Crippen molar-refractivity contribution in [2.45, 2.75) is 25.1 Å². The van der Waals surface area contributed by atoms with E-state index < -0.39 is 18.9 Å². The van der Waals surface area contributed by atoms with Gasteiger partial charge in [-0.2, -0.15) is 13.2 Å². The van der Waals surface area contributed by atoms with Crippen LogP contribution in [0.2, 0.25) is 0 Å². The molecule has 1 amide bonds. The average molecular weight is 311 g/mol. The van der Waals surface area contributed by atoms with Gasteiger partial charge in [0.1, 0.15) is 0 Å². The zero-order valence-corrected chi connectivity index (χ0v) is 12.8. The van der Waals surface area contributed by atoms with Gasteiger partial charge in [0.05, 0.1) is 0 Å². The summed E-state index contributed by atoms with van der Waals surface area (Å²) in [5, 5.41) is 0. The minimum absolute atomic E-state index is 0.347. The normalized spacial score (nSPS) is 18.0. The second-order valence-corrected chi connectivity index (χ2v) is 5.61. The predicted octanol–water partition coefficient (Wildman–Crippen LogP) is 1.64. The molecule has 0 saturated carbocycles.